The summed E-state index contributed by atoms with van der Waals surface area (Å²) in [6.07, 6.45) is 3.16. The Labute approximate surface area is 287 Å². The minimum Gasteiger partial charge on any atom is -0.436 e. The Morgan fingerprint density at radius 3 is 1.89 bits per heavy atom. The van der Waals surface area contributed by atoms with Crippen LogP contribution in [0.2, 0.25) is 0 Å². The average Bonchev–Trinajstić information content (AvgIpc) is 3.48. The fourth-order valence-corrected chi connectivity index (χ4v) is 4.97. The maximum absolute atomic E-state index is 5.92. The van der Waals surface area contributed by atoms with E-state index in [1.807, 2.05) is 36.4 Å². The van der Waals surface area contributed by atoms with Gasteiger partial charge in [-0.25, -0.2) is 4.98 Å². The van der Waals surface area contributed by atoms with E-state index in [2.05, 4.69) is 75.8 Å². The van der Waals surface area contributed by atoms with Gasteiger partial charge in [0.05, 0.1) is 0 Å². The summed E-state index contributed by atoms with van der Waals surface area (Å²) in [7, 11) is 0. The molecule has 10 N–H and O–H groups in total. The molecule has 5 rings (SSSR count). The molecule has 4 aromatic rings. The van der Waals surface area contributed by atoms with Crippen LogP contribution in [0.15, 0.2) is 52.9 Å². The first kappa shape index (κ1) is 39.8. The SMILES string of the molecule is CCCCNc1nc(NCCCN2CCNCCNCCNCC2)nc(NCc2ccc(-c3nc4ccccc4o3)cc2)n1.O.O.[Co]. The molecule has 0 saturated carbocycles. The number of anilines is 3. The zero-order chi connectivity index (χ0) is 30.2. The number of hydrogen-bond donors (Lipinski definition) is 6. The van der Waals surface area contributed by atoms with Gasteiger partial charge in [-0.1, -0.05) is 37.6 Å². The molecule has 0 bridgehead atoms. The van der Waals surface area contributed by atoms with Crippen molar-refractivity contribution in [1.29, 1.82) is 0 Å². The molecule has 15 heteroatoms. The van der Waals surface area contributed by atoms with Crippen molar-refractivity contribution in [1.82, 2.24) is 40.8 Å². The van der Waals surface area contributed by atoms with Crippen molar-refractivity contribution in [3.8, 4) is 11.5 Å². The van der Waals surface area contributed by atoms with E-state index in [1.165, 1.54) is 0 Å². The Morgan fingerprint density at radius 1 is 0.702 bits per heavy atom. The van der Waals surface area contributed by atoms with Gasteiger partial charge in [-0.2, -0.15) is 15.0 Å². The minimum absolute atomic E-state index is 0. The van der Waals surface area contributed by atoms with Gasteiger partial charge in [-0.05, 0) is 49.2 Å². The van der Waals surface area contributed by atoms with E-state index in [4.69, 9.17) is 4.42 Å². The zero-order valence-corrected chi connectivity index (χ0v) is 28.2. The molecule has 1 aliphatic rings. The Morgan fingerprint density at radius 2 is 1.28 bits per heavy atom. The molecule has 3 heterocycles. The normalized spacial score (nSPS) is 14.4. The minimum atomic E-state index is 0. The molecule has 14 nitrogen and oxygen atoms in total. The van der Waals surface area contributed by atoms with Crippen LogP contribution >= 0.6 is 0 Å². The summed E-state index contributed by atoms with van der Waals surface area (Å²) in [6, 6.07) is 16.0. The molecule has 1 radical (unpaired) electrons. The summed E-state index contributed by atoms with van der Waals surface area (Å²) in [5, 5.41) is 20.7. The van der Waals surface area contributed by atoms with Gasteiger partial charge >= 0.3 is 0 Å². The molecule has 1 fully saturated rings. The van der Waals surface area contributed by atoms with E-state index < -0.39 is 0 Å². The summed E-state index contributed by atoms with van der Waals surface area (Å²) < 4.78 is 5.92. The largest absolute Gasteiger partial charge is 0.436 e. The third-order valence-electron chi connectivity index (χ3n) is 7.50. The first-order valence-corrected chi connectivity index (χ1v) is 16.0. The van der Waals surface area contributed by atoms with Crippen molar-refractivity contribution in [3.05, 3.63) is 54.1 Å². The molecule has 47 heavy (non-hydrogen) atoms. The predicted molar refractivity (Wildman–Crippen MR) is 185 cm³/mol. The summed E-state index contributed by atoms with van der Waals surface area (Å²) >= 11 is 0. The van der Waals surface area contributed by atoms with Gasteiger partial charge in [-0.15, -0.1) is 0 Å². The summed E-state index contributed by atoms with van der Waals surface area (Å²) in [5.41, 5.74) is 3.69. The molecule has 0 aliphatic carbocycles. The first-order chi connectivity index (χ1) is 21.8. The van der Waals surface area contributed by atoms with Crippen LogP contribution in [0, 0.1) is 0 Å². The number of benzene rings is 2. The van der Waals surface area contributed by atoms with Crippen LogP contribution in [0.5, 0.6) is 0 Å². The smallest absolute Gasteiger partial charge is 0.229 e. The molecule has 261 valence electrons. The molecule has 0 unspecified atom stereocenters. The second-order valence-electron chi connectivity index (χ2n) is 11.0. The third kappa shape index (κ3) is 13.3. The summed E-state index contributed by atoms with van der Waals surface area (Å²) in [4.78, 5) is 21.1. The maximum Gasteiger partial charge on any atom is 0.229 e. The first-order valence-electron chi connectivity index (χ1n) is 16.0. The van der Waals surface area contributed by atoms with Gasteiger partial charge in [0, 0.05) is 94.3 Å². The standard InChI is InChI=1S/C32H47N11O.Co.2H2O/c1-2-3-13-36-30-40-31(37-14-6-21-43-22-19-34-17-15-33-16-18-35-20-23-43)42-32(41-30)38-24-25-9-11-26(12-10-25)29-39-27-7-4-5-8-28(27)44-29;;;/h4-5,7-12,33-35H,2-3,6,13-24H2,1H3,(H3,36,37,38,40,41,42);;2*1H2. The van der Waals surface area contributed by atoms with Crippen molar-refractivity contribution < 1.29 is 32.1 Å². The fraction of sp³-hybridized carbons (Fsp3) is 0.500. The predicted octanol–water partition coefficient (Wildman–Crippen LogP) is 1.74. The van der Waals surface area contributed by atoms with E-state index in [0.29, 0.717) is 30.3 Å². The second kappa shape index (κ2) is 22.2. The number of rotatable bonds is 13. The topological polar surface area (TPSA) is 203 Å². The Kier molecular flexibility index (Phi) is 18.8. The van der Waals surface area contributed by atoms with Gasteiger partial charge in [0.2, 0.25) is 23.7 Å². The molecule has 2 aromatic heterocycles. The van der Waals surface area contributed by atoms with E-state index in [1.54, 1.807) is 0 Å². The van der Waals surface area contributed by atoms with Crippen LogP contribution < -0.4 is 31.9 Å². The fourth-order valence-electron chi connectivity index (χ4n) is 4.97. The average molecular weight is 697 g/mol. The van der Waals surface area contributed by atoms with Crippen LogP contribution in [-0.2, 0) is 23.3 Å². The third-order valence-corrected chi connectivity index (χ3v) is 7.50. The monoisotopic (exact) mass is 696 g/mol. The number of nitrogens with zero attached hydrogens (tertiary/aromatic N) is 5. The zero-order valence-electron chi connectivity index (χ0n) is 27.2. The van der Waals surface area contributed by atoms with Gasteiger partial charge in [0.25, 0.3) is 0 Å². The van der Waals surface area contributed by atoms with Crippen LogP contribution in [-0.4, -0.2) is 108 Å². The number of hydrogen-bond acceptors (Lipinski definition) is 12. The Bertz CT molecular complexity index is 1370. The summed E-state index contributed by atoms with van der Waals surface area (Å²) in [6.45, 7) is 13.5. The van der Waals surface area contributed by atoms with Crippen LogP contribution in [0.25, 0.3) is 22.6 Å². The molecular weight excluding hydrogens is 645 g/mol. The van der Waals surface area contributed by atoms with Crippen molar-refractivity contribution in [2.24, 2.45) is 0 Å². The van der Waals surface area contributed by atoms with Crippen molar-refractivity contribution in [2.45, 2.75) is 32.7 Å². The number of para-hydroxylation sites is 2. The van der Waals surface area contributed by atoms with Crippen molar-refractivity contribution in [2.75, 3.05) is 87.9 Å². The molecule has 0 spiro atoms. The molecule has 1 saturated heterocycles. The van der Waals surface area contributed by atoms with E-state index in [-0.39, 0.29) is 27.7 Å². The molecule has 2 aromatic carbocycles. The second-order valence-corrected chi connectivity index (χ2v) is 11.0. The Hall–Kier alpha value is -3.41. The van der Waals surface area contributed by atoms with Gasteiger partial charge in [0.15, 0.2) is 5.58 Å². The molecule has 1 aliphatic heterocycles. The van der Waals surface area contributed by atoms with Crippen LogP contribution in [0.3, 0.4) is 0 Å². The quantitative estimate of drug-likeness (QED) is 0.111. The van der Waals surface area contributed by atoms with Gasteiger partial charge in [0.1, 0.15) is 5.52 Å². The maximum atomic E-state index is 5.92. The van der Waals surface area contributed by atoms with Gasteiger partial charge < -0.3 is 52.2 Å². The number of fused-ring (bicyclic) bond motifs is 1. The molecule has 0 amide bonds. The van der Waals surface area contributed by atoms with E-state index >= 15 is 0 Å². The van der Waals surface area contributed by atoms with Gasteiger partial charge in [-0.3, -0.25) is 0 Å². The van der Waals surface area contributed by atoms with Crippen LogP contribution in [0.1, 0.15) is 31.7 Å². The molecule has 0 atom stereocenters. The molecular formula is C32H51CoN11O3. The van der Waals surface area contributed by atoms with Crippen LogP contribution in [0.4, 0.5) is 17.8 Å². The number of unbranched alkanes of at least 4 members (excludes halogenated alkanes) is 1. The van der Waals surface area contributed by atoms with E-state index in [0.717, 1.165) is 113 Å². The summed E-state index contributed by atoms with van der Waals surface area (Å²) in [5.74, 6) is 2.33. The number of aromatic nitrogens is 4. The number of nitrogens with one attached hydrogen (secondary N) is 6. The Balaban J connectivity index is 0.00000256. The van der Waals surface area contributed by atoms with E-state index in [9.17, 15) is 0 Å². The number of oxazole rings is 1. The van der Waals surface area contributed by atoms with Crippen molar-refractivity contribution >= 4 is 28.9 Å². The van der Waals surface area contributed by atoms with Crippen molar-refractivity contribution in [3.63, 3.8) is 0 Å².